The quantitative estimate of drug-likeness (QED) is 0.472. The molecule has 9 heteroatoms. The van der Waals surface area contributed by atoms with Gasteiger partial charge in [0, 0.05) is 6.07 Å². The Hall–Kier alpha value is -2.69. The van der Waals surface area contributed by atoms with Crippen LogP contribution in [0.15, 0.2) is 42.5 Å². The number of rotatable bonds is 4. The Balaban J connectivity index is 1.46. The number of aromatic hydroxyl groups is 1. The molecule has 0 aliphatic carbocycles. The first-order valence-corrected chi connectivity index (χ1v) is 9.47. The number of carbonyl (C=O) groups is 1. The van der Waals surface area contributed by atoms with Gasteiger partial charge >= 0.3 is 0 Å². The van der Waals surface area contributed by atoms with Crippen molar-refractivity contribution in [1.82, 2.24) is 0 Å². The molecule has 2 aliphatic heterocycles. The molecule has 9 nitrogen and oxygen atoms in total. The molecule has 0 bridgehead atoms. The Morgan fingerprint density at radius 2 is 1.73 bits per heavy atom. The molecule has 2 aliphatic rings. The first-order chi connectivity index (χ1) is 14.4. The van der Waals surface area contributed by atoms with E-state index in [9.17, 15) is 30.3 Å². The van der Waals surface area contributed by atoms with Gasteiger partial charge in [0.1, 0.15) is 47.8 Å². The molecule has 2 aromatic carbocycles. The largest absolute Gasteiger partial charge is 0.508 e. The lowest BCUT2D eigenvalue weighted by Crippen LogP contribution is -2.60. The van der Waals surface area contributed by atoms with E-state index in [1.807, 2.05) is 0 Å². The maximum atomic E-state index is 12.4. The Kier molecular flexibility index (Phi) is 5.63. The average molecular weight is 418 g/mol. The van der Waals surface area contributed by atoms with Crippen molar-refractivity contribution >= 4 is 5.78 Å². The van der Waals surface area contributed by atoms with Crippen molar-refractivity contribution in [2.75, 3.05) is 6.61 Å². The number of hydrogen-bond donors (Lipinski definition) is 5. The molecule has 1 fully saturated rings. The van der Waals surface area contributed by atoms with Crippen molar-refractivity contribution in [1.29, 1.82) is 0 Å². The van der Waals surface area contributed by atoms with Crippen LogP contribution >= 0.6 is 0 Å². The van der Waals surface area contributed by atoms with E-state index in [1.54, 1.807) is 24.3 Å². The second kappa shape index (κ2) is 8.21. The van der Waals surface area contributed by atoms with Gasteiger partial charge in [0.15, 0.2) is 5.78 Å². The minimum atomic E-state index is -1.53. The van der Waals surface area contributed by atoms with Crippen LogP contribution in [0.1, 0.15) is 28.4 Å². The Labute approximate surface area is 171 Å². The fourth-order valence-corrected chi connectivity index (χ4v) is 3.56. The predicted molar refractivity (Wildman–Crippen MR) is 101 cm³/mol. The van der Waals surface area contributed by atoms with E-state index in [1.165, 1.54) is 18.2 Å². The Bertz CT molecular complexity index is 911. The third kappa shape index (κ3) is 3.85. The number of Topliss-reactive ketones (excluding diaryl/α,β-unsaturated/α-hetero) is 1. The summed E-state index contributed by atoms with van der Waals surface area (Å²) in [5.74, 6) is 0.537. The minimum absolute atomic E-state index is 0.00507. The van der Waals surface area contributed by atoms with E-state index >= 15 is 0 Å². The topological polar surface area (TPSA) is 146 Å². The van der Waals surface area contributed by atoms with Gasteiger partial charge in [-0.25, -0.2) is 0 Å². The number of ether oxygens (including phenoxy) is 3. The first-order valence-electron chi connectivity index (χ1n) is 9.47. The fraction of sp³-hybridized carbons (Fsp3) is 0.381. The van der Waals surface area contributed by atoms with Gasteiger partial charge in [0.2, 0.25) is 6.29 Å². The van der Waals surface area contributed by atoms with Gasteiger partial charge in [-0.15, -0.1) is 0 Å². The van der Waals surface area contributed by atoms with Gasteiger partial charge in [0.05, 0.1) is 18.6 Å². The lowest BCUT2D eigenvalue weighted by Gasteiger charge is -2.39. The Morgan fingerprint density at radius 3 is 2.43 bits per heavy atom. The van der Waals surface area contributed by atoms with Crippen molar-refractivity contribution in [3.63, 3.8) is 0 Å². The fourth-order valence-electron chi connectivity index (χ4n) is 3.56. The summed E-state index contributed by atoms with van der Waals surface area (Å²) in [4.78, 5) is 12.4. The van der Waals surface area contributed by atoms with E-state index in [2.05, 4.69) is 0 Å². The van der Waals surface area contributed by atoms with Crippen molar-refractivity contribution in [3.8, 4) is 17.2 Å². The lowest BCUT2D eigenvalue weighted by molar-refractivity contribution is -0.277. The maximum Gasteiger partial charge on any atom is 0.229 e. The van der Waals surface area contributed by atoms with Gasteiger partial charge in [-0.2, -0.15) is 0 Å². The van der Waals surface area contributed by atoms with Crippen LogP contribution in [0, 0.1) is 0 Å². The van der Waals surface area contributed by atoms with Crippen LogP contribution in [0.4, 0.5) is 0 Å². The first kappa shape index (κ1) is 20.6. The molecular formula is C21H22O9. The van der Waals surface area contributed by atoms with Gasteiger partial charge in [-0.1, -0.05) is 12.1 Å². The van der Waals surface area contributed by atoms with E-state index < -0.39 is 43.4 Å². The molecular weight excluding hydrogens is 396 g/mol. The molecule has 2 unspecified atom stereocenters. The number of aliphatic hydroxyl groups excluding tert-OH is 4. The van der Waals surface area contributed by atoms with Crippen molar-refractivity contribution in [2.24, 2.45) is 0 Å². The van der Waals surface area contributed by atoms with E-state index in [0.29, 0.717) is 22.6 Å². The highest BCUT2D eigenvalue weighted by Gasteiger charge is 2.44. The van der Waals surface area contributed by atoms with Crippen molar-refractivity contribution < 1.29 is 44.5 Å². The van der Waals surface area contributed by atoms with Crippen LogP contribution < -0.4 is 9.47 Å². The molecule has 0 aromatic heterocycles. The third-order valence-corrected chi connectivity index (χ3v) is 5.26. The van der Waals surface area contributed by atoms with Gasteiger partial charge in [-0.3, -0.25) is 4.79 Å². The highest BCUT2D eigenvalue weighted by Crippen LogP contribution is 2.37. The van der Waals surface area contributed by atoms with Crippen LogP contribution in [0.2, 0.25) is 0 Å². The summed E-state index contributed by atoms with van der Waals surface area (Å²) >= 11 is 0. The molecule has 160 valence electrons. The predicted octanol–water partition coefficient (Wildman–Crippen LogP) is 0.277. The summed E-state index contributed by atoms with van der Waals surface area (Å²) in [6.45, 7) is -0.548. The molecule has 0 amide bonds. The number of phenolic OH excluding ortho intramolecular Hbond substituents is 1. The van der Waals surface area contributed by atoms with Crippen LogP contribution in [0.3, 0.4) is 0 Å². The highest BCUT2D eigenvalue weighted by atomic mass is 16.7. The summed E-state index contributed by atoms with van der Waals surface area (Å²) in [5, 5.41) is 48.6. The highest BCUT2D eigenvalue weighted by molar-refractivity contribution is 6.00. The van der Waals surface area contributed by atoms with Gasteiger partial charge < -0.3 is 39.7 Å². The molecule has 2 heterocycles. The molecule has 5 N–H and O–H groups in total. The number of aliphatic hydroxyl groups is 4. The molecule has 0 radical (unpaired) electrons. The van der Waals surface area contributed by atoms with Gasteiger partial charge in [0.25, 0.3) is 0 Å². The van der Waals surface area contributed by atoms with E-state index in [4.69, 9.17) is 14.2 Å². The molecule has 2 aromatic rings. The number of fused-ring (bicyclic) bond motifs is 1. The zero-order valence-corrected chi connectivity index (χ0v) is 15.8. The zero-order valence-electron chi connectivity index (χ0n) is 15.8. The second-order valence-electron chi connectivity index (χ2n) is 7.30. The SMILES string of the molecule is O=C1C[C@@H](c2ccc(O[C@@H]3OC(CO)[C@@H](O)C(O)[C@@H]3O)cc2)Oc2cc(O)ccc21. The summed E-state index contributed by atoms with van der Waals surface area (Å²) in [7, 11) is 0. The zero-order chi connectivity index (χ0) is 21.4. The van der Waals surface area contributed by atoms with Crippen LogP contribution in [0.25, 0.3) is 0 Å². The molecule has 1 saturated heterocycles. The number of benzene rings is 2. The van der Waals surface area contributed by atoms with Crippen LogP contribution in [-0.2, 0) is 4.74 Å². The molecule has 30 heavy (non-hydrogen) atoms. The number of hydrogen-bond acceptors (Lipinski definition) is 9. The normalized spacial score (nSPS) is 31.0. The number of ketones is 1. The molecule has 6 atom stereocenters. The Morgan fingerprint density at radius 1 is 1.00 bits per heavy atom. The average Bonchev–Trinajstić information content (AvgIpc) is 2.74. The summed E-state index contributed by atoms with van der Waals surface area (Å²) in [5.41, 5.74) is 1.13. The molecule has 0 spiro atoms. The van der Waals surface area contributed by atoms with Crippen LogP contribution in [0.5, 0.6) is 17.2 Å². The summed E-state index contributed by atoms with van der Waals surface area (Å²) in [6, 6.07) is 10.9. The monoisotopic (exact) mass is 418 g/mol. The smallest absolute Gasteiger partial charge is 0.229 e. The summed E-state index contributed by atoms with van der Waals surface area (Å²) in [6.07, 6.45) is -7.24. The van der Waals surface area contributed by atoms with E-state index in [0.717, 1.165) is 0 Å². The lowest BCUT2D eigenvalue weighted by atomic mass is 9.96. The minimum Gasteiger partial charge on any atom is -0.508 e. The standard InChI is InChI=1S/C21H22O9/c22-9-17-18(25)19(26)20(27)21(30-17)28-12-4-1-10(2-5-12)15-8-14(24)13-6-3-11(23)7-16(13)29-15/h1-7,15,17-23,25-27H,8-9H2/t15-,17?,18+,19?,20-,21+/m0/s1. The van der Waals surface area contributed by atoms with Crippen molar-refractivity contribution in [2.45, 2.75) is 43.2 Å². The van der Waals surface area contributed by atoms with Gasteiger partial charge in [-0.05, 0) is 29.8 Å². The number of phenols is 1. The van der Waals surface area contributed by atoms with Crippen molar-refractivity contribution in [3.05, 3.63) is 53.6 Å². The summed E-state index contributed by atoms with van der Waals surface area (Å²) < 4.78 is 16.7. The third-order valence-electron chi connectivity index (χ3n) is 5.26. The second-order valence-corrected chi connectivity index (χ2v) is 7.30. The number of carbonyl (C=O) groups excluding carboxylic acids is 1. The molecule has 0 saturated carbocycles. The van der Waals surface area contributed by atoms with E-state index in [-0.39, 0.29) is 18.0 Å². The van der Waals surface area contributed by atoms with Crippen LogP contribution in [-0.4, -0.2) is 68.6 Å². The molecule has 4 rings (SSSR count). The maximum absolute atomic E-state index is 12.4.